The van der Waals surface area contributed by atoms with Crippen molar-refractivity contribution in [3.05, 3.63) is 53.7 Å². The minimum atomic E-state index is -0.597. The fraction of sp³-hybridized carbons (Fsp3) is 0.364. The van der Waals surface area contributed by atoms with Gasteiger partial charge in [0.1, 0.15) is 11.4 Å². The van der Waals surface area contributed by atoms with Crippen LogP contribution in [0, 0.1) is 0 Å². The van der Waals surface area contributed by atoms with Gasteiger partial charge in [-0.1, -0.05) is 12.1 Å². The second-order valence-corrected chi connectivity index (χ2v) is 7.49. The van der Waals surface area contributed by atoms with Crippen molar-refractivity contribution in [1.29, 1.82) is 0 Å². The Balaban J connectivity index is 1.37. The number of ether oxygens (including phenoxy) is 1. The lowest BCUT2D eigenvalue weighted by Gasteiger charge is -2.19. The predicted octanol–water partition coefficient (Wildman–Crippen LogP) is 2.37. The molecule has 0 unspecified atom stereocenters. The van der Waals surface area contributed by atoms with Gasteiger partial charge in [0.05, 0.1) is 11.3 Å². The van der Waals surface area contributed by atoms with Crippen LogP contribution in [0.15, 0.2) is 42.6 Å². The van der Waals surface area contributed by atoms with Crippen LogP contribution < -0.4 is 15.5 Å². The number of aromatic nitrogens is 1. The highest BCUT2D eigenvalue weighted by molar-refractivity contribution is 6.04. The summed E-state index contributed by atoms with van der Waals surface area (Å²) >= 11 is 0. The third-order valence-electron chi connectivity index (χ3n) is 5.10. The topological polar surface area (TPSA) is 101 Å². The highest BCUT2D eigenvalue weighted by atomic mass is 16.5. The van der Waals surface area contributed by atoms with Crippen LogP contribution in [0.5, 0.6) is 0 Å². The van der Waals surface area contributed by atoms with Gasteiger partial charge < -0.3 is 20.3 Å². The van der Waals surface area contributed by atoms with E-state index >= 15 is 0 Å². The summed E-state index contributed by atoms with van der Waals surface area (Å²) in [4.78, 5) is 43.6. The summed E-state index contributed by atoms with van der Waals surface area (Å²) in [6.07, 6.45) is 5.71. The van der Waals surface area contributed by atoms with E-state index in [1.165, 1.54) is 0 Å². The van der Waals surface area contributed by atoms with Gasteiger partial charge in [0.25, 0.3) is 11.8 Å². The number of amides is 2. The van der Waals surface area contributed by atoms with Crippen LogP contribution >= 0.6 is 0 Å². The van der Waals surface area contributed by atoms with Crippen molar-refractivity contribution in [3.63, 3.8) is 0 Å². The first-order valence-electron chi connectivity index (χ1n) is 10.2. The highest BCUT2D eigenvalue weighted by Gasteiger charge is 2.25. The number of rotatable bonds is 7. The molecule has 4 rings (SSSR count). The van der Waals surface area contributed by atoms with Gasteiger partial charge >= 0.3 is 5.97 Å². The van der Waals surface area contributed by atoms with E-state index in [0.29, 0.717) is 22.6 Å². The van der Waals surface area contributed by atoms with Gasteiger partial charge in [-0.25, -0.2) is 9.78 Å². The number of carbonyl (C=O) groups is 3. The van der Waals surface area contributed by atoms with Crippen LogP contribution in [0.1, 0.15) is 46.4 Å². The quantitative estimate of drug-likeness (QED) is 0.682. The van der Waals surface area contributed by atoms with Crippen LogP contribution in [0.2, 0.25) is 0 Å². The fourth-order valence-electron chi connectivity index (χ4n) is 3.41. The molecule has 1 aliphatic carbocycles. The molecule has 0 spiro atoms. The molecule has 2 amide bonds. The maximum atomic E-state index is 12.5. The Morgan fingerprint density at radius 2 is 1.77 bits per heavy atom. The van der Waals surface area contributed by atoms with Crippen molar-refractivity contribution >= 4 is 29.3 Å². The van der Waals surface area contributed by atoms with Crippen LogP contribution in [0.25, 0.3) is 0 Å². The molecule has 8 heteroatoms. The Hall–Kier alpha value is -3.42. The number of pyridine rings is 1. The molecular formula is C22H24N4O4. The Labute approximate surface area is 174 Å². The van der Waals surface area contributed by atoms with Crippen molar-refractivity contribution in [2.45, 2.75) is 31.7 Å². The highest BCUT2D eigenvalue weighted by Crippen LogP contribution is 2.23. The molecule has 2 aliphatic rings. The number of para-hydroxylation sites is 1. The van der Waals surface area contributed by atoms with Gasteiger partial charge in [-0.2, -0.15) is 0 Å². The van der Waals surface area contributed by atoms with E-state index in [2.05, 4.69) is 15.6 Å². The maximum Gasteiger partial charge on any atom is 0.342 e. The molecule has 30 heavy (non-hydrogen) atoms. The molecule has 2 fully saturated rings. The lowest BCUT2D eigenvalue weighted by Crippen LogP contribution is -2.28. The summed E-state index contributed by atoms with van der Waals surface area (Å²) < 4.78 is 5.22. The number of esters is 1. The second-order valence-electron chi connectivity index (χ2n) is 7.49. The minimum absolute atomic E-state index is 0.214. The lowest BCUT2D eigenvalue weighted by atomic mass is 10.1. The average Bonchev–Trinajstić information content (AvgIpc) is 3.40. The van der Waals surface area contributed by atoms with Crippen molar-refractivity contribution in [1.82, 2.24) is 10.3 Å². The SMILES string of the molecule is O=C(COC(=O)c1cccnc1N1CCCC1)Nc1ccccc1C(=O)NC1CC1. The Kier molecular flexibility index (Phi) is 5.92. The molecule has 1 aromatic carbocycles. The molecule has 1 saturated carbocycles. The normalized spacial score (nSPS) is 15.5. The summed E-state index contributed by atoms with van der Waals surface area (Å²) in [5.41, 5.74) is 1.11. The van der Waals surface area contributed by atoms with Crippen LogP contribution in [-0.4, -0.2) is 48.5 Å². The average molecular weight is 408 g/mol. The Morgan fingerprint density at radius 3 is 2.53 bits per heavy atom. The van der Waals surface area contributed by atoms with Crippen molar-refractivity contribution in [3.8, 4) is 0 Å². The van der Waals surface area contributed by atoms with Gasteiger partial charge in [0.15, 0.2) is 6.61 Å². The standard InChI is InChI=1S/C22H24N4O4/c27-19(25-18-8-2-1-6-16(18)21(28)24-15-9-10-15)14-30-22(29)17-7-5-11-23-20(17)26-12-3-4-13-26/h1-2,5-8,11,15H,3-4,9-10,12-14H2,(H,24,28)(H,25,27). The molecule has 1 aromatic heterocycles. The van der Waals surface area contributed by atoms with Crippen LogP contribution in [0.4, 0.5) is 11.5 Å². The first-order valence-corrected chi connectivity index (χ1v) is 10.2. The van der Waals surface area contributed by atoms with Gasteiger partial charge in [-0.15, -0.1) is 0 Å². The molecule has 8 nitrogen and oxygen atoms in total. The molecule has 156 valence electrons. The van der Waals surface area contributed by atoms with E-state index in [9.17, 15) is 14.4 Å². The summed E-state index contributed by atoms with van der Waals surface area (Å²) in [5, 5.41) is 5.56. The van der Waals surface area contributed by atoms with Gasteiger partial charge in [0, 0.05) is 25.3 Å². The molecule has 2 heterocycles. The third-order valence-corrected chi connectivity index (χ3v) is 5.10. The number of hydrogen-bond donors (Lipinski definition) is 2. The van der Waals surface area contributed by atoms with E-state index in [1.807, 2.05) is 4.90 Å². The number of nitrogens with one attached hydrogen (secondary N) is 2. The van der Waals surface area contributed by atoms with E-state index in [1.54, 1.807) is 42.6 Å². The maximum absolute atomic E-state index is 12.5. The van der Waals surface area contributed by atoms with Gasteiger partial charge in [-0.05, 0) is 49.9 Å². The molecule has 1 aliphatic heterocycles. The van der Waals surface area contributed by atoms with Gasteiger partial charge in [0.2, 0.25) is 0 Å². The smallest absolute Gasteiger partial charge is 0.342 e. The number of benzene rings is 1. The number of nitrogens with zero attached hydrogens (tertiary/aromatic N) is 2. The van der Waals surface area contributed by atoms with E-state index in [4.69, 9.17) is 4.74 Å². The van der Waals surface area contributed by atoms with Crippen molar-refractivity contribution in [2.24, 2.45) is 0 Å². The largest absolute Gasteiger partial charge is 0.452 e. The zero-order valence-corrected chi connectivity index (χ0v) is 16.6. The zero-order chi connectivity index (χ0) is 20.9. The number of hydrogen-bond acceptors (Lipinski definition) is 6. The van der Waals surface area contributed by atoms with Crippen molar-refractivity contribution in [2.75, 3.05) is 29.9 Å². The monoisotopic (exact) mass is 408 g/mol. The molecule has 1 saturated heterocycles. The second kappa shape index (κ2) is 8.94. The summed E-state index contributed by atoms with van der Waals surface area (Å²) in [5.74, 6) is -0.750. The van der Waals surface area contributed by atoms with E-state index in [-0.39, 0.29) is 11.9 Å². The molecular weight excluding hydrogens is 384 g/mol. The fourth-order valence-corrected chi connectivity index (χ4v) is 3.41. The Morgan fingerprint density at radius 1 is 1.03 bits per heavy atom. The molecule has 2 N–H and O–H groups in total. The molecule has 0 atom stereocenters. The van der Waals surface area contributed by atoms with Gasteiger partial charge in [-0.3, -0.25) is 9.59 Å². The summed E-state index contributed by atoms with van der Waals surface area (Å²) in [6, 6.07) is 10.3. The van der Waals surface area contributed by atoms with Crippen LogP contribution in [-0.2, 0) is 9.53 Å². The summed E-state index contributed by atoms with van der Waals surface area (Å²) in [6.45, 7) is 1.24. The number of anilines is 2. The molecule has 0 bridgehead atoms. The first kappa shape index (κ1) is 19.9. The molecule has 2 aromatic rings. The third kappa shape index (κ3) is 4.76. The van der Waals surface area contributed by atoms with Crippen molar-refractivity contribution < 1.29 is 19.1 Å². The van der Waals surface area contributed by atoms with E-state index in [0.717, 1.165) is 38.8 Å². The minimum Gasteiger partial charge on any atom is -0.452 e. The van der Waals surface area contributed by atoms with Crippen LogP contribution in [0.3, 0.4) is 0 Å². The Bertz CT molecular complexity index is 952. The van der Waals surface area contributed by atoms with E-state index < -0.39 is 18.5 Å². The molecule has 0 radical (unpaired) electrons. The predicted molar refractivity (Wildman–Crippen MR) is 112 cm³/mol. The zero-order valence-electron chi connectivity index (χ0n) is 16.6. The summed E-state index contributed by atoms with van der Waals surface area (Å²) in [7, 11) is 0. The lowest BCUT2D eigenvalue weighted by molar-refractivity contribution is -0.119. The first-order chi connectivity index (χ1) is 14.6. The number of carbonyl (C=O) groups excluding carboxylic acids is 3.